The zero-order valence-corrected chi connectivity index (χ0v) is 16.9. The summed E-state index contributed by atoms with van der Waals surface area (Å²) in [4.78, 5) is 25.7. The van der Waals surface area contributed by atoms with Crippen LogP contribution in [0, 0.1) is 0 Å². The van der Waals surface area contributed by atoms with Crippen molar-refractivity contribution in [2.75, 3.05) is 20.8 Å². The molecule has 0 saturated carbocycles. The molecule has 1 amide bonds. The van der Waals surface area contributed by atoms with Gasteiger partial charge in [0.1, 0.15) is 0 Å². The number of ether oxygens (including phenoxy) is 3. The van der Waals surface area contributed by atoms with Crippen molar-refractivity contribution in [1.29, 1.82) is 0 Å². The maximum absolute atomic E-state index is 12.4. The Balaban J connectivity index is 1.90. The lowest BCUT2D eigenvalue weighted by Crippen LogP contribution is -2.33. The minimum atomic E-state index is -2.98. The van der Waals surface area contributed by atoms with E-state index in [0.717, 1.165) is 11.6 Å². The fourth-order valence-corrected chi connectivity index (χ4v) is 2.60. The molecule has 0 saturated heterocycles. The molecule has 2 aromatic carbocycles. The van der Waals surface area contributed by atoms with E-state index < -0.39 is 19.2 Å². The molecule has 1 atom stereocenters. The highest BCUT2D eigenvalue weighted by Crippen LogP contribution is 2.29. The number of hydrogen-bond donors (Lipinski definition) is 0. The van der Waals surface area contributed by atoms with E-state index in [2.05, 4.69) is 4.74 Å². The molecule has 2 aromatic rings. The number of hydrogen-bond acceptors (Lipinski definition) is 5. The summed E-state index contributed by atoms with van der Waals surface area (Å²) in [5, 5.41) is 0. The summed E-state index contributed by atoms with van der Waals surface area (Å²) in [5.41, 5.74) is 1.47. The van der Waals surface area contributed by atoms with E-state index in [9.17, 15) is 18.4 Å². The predicted octanol–water partition coefficient (Wildman–Crippen LogP) is 4.07. The number of nitrogens with zero attached hydrogens (tertiary/aromatic N) is 1. The second-order valence-corrected chi connectivity index (χ2v) is 6.32. The molecular weight excluding hydrogens is 396 g/mol. The van der Waals surface area contributed by atoms with Crippen molar-refractivity contribution < 1.29 is 32.6 Å². The van der Waals surface area contributed by atoms with Crippen LogP contribution in [-0.4, -0.2) is 44.2 Å². The van der Waals surface area contributed by atoms with Crippen LogP contribution in [0.5, 0.6) is 11.5 Å². The van der Waals surface area contributed by atoms with Crippen LogP contribution in [0.2, 0.25) is 0 Å². The second-order valence-electron chi connectivity index (χ2n) is 6.32. The molecule has 0 fully saturated rings. The molecule has 0 spiro atoms. The third-order valence-electron chi connectivity index (χ3n) is 4.41. The first-order valence-electron chi connectivity index (χ1n) is 9.10. The van der Waals surface area contributed by atoms with Gasteiger partial charge in [-0.25, -0.2) is 4.79 Å². The normalized spacial score (nSPS) is 11.9. The Morgan fingerprint density at radius 3 is 2.43 bits per heavy atom. The van der Waals surface area contributed by atoms with Gasteiger partial charge in [-0.3, -0.25) is 4.79 Å². The summed E-state index contributed by atoms with van der Waals surface area (Å²) >= 11 is 0. The number of rotatable bonds is 9. The molecule has 0 aromatic heterocycles. The minimum Gasteiger partial charge on any atom is -0.493 e. The van der Waals surface area contributed by atoms with Crippen molar-refractivity contribution in [3.8, 4) is 11.5 Å². The van der Waals surface area contributed by atoms with Crippen molar-refractivity contribution in [2.45, 2.75) is 19.6 Å². The van der Waals surface area contributed by atoms with Gasteiger partial charge in [-0.1, -0.05) is 36.4 Å². The molecule has 0 radical (unpaired) electrons. The largest absolute Gasteiger partial charge is 0.493 e. The van der Waals surface area contributed by atoms with Gasteiger partial charge in [0.25, 0.3) is 5.91 Å². The summed E-state index contributed by atoms with van der Waals surface area (Å²) in [5.74, 6) is -1.08. The number of benzene rings is 2. The number of carbonyl (C=O) groups is 2. The lowest BCUT2D eigenvalue weighted by atomic mass is 10.1. The van der Waals surface area contributed by atoms with Crippen LogP contribution in [0.15, 0.2) is 54.6 Å². The highest BCUT2D eigenvalue weighted by atomic mass is 19.3. The zero-order chi connectivity index (χ0) is 22.1. The van der Waals surface area contributed by atoms with Gasteiger partial charge in [-0.15, -0.1) is 0 Å². The van der Waals surface area contributed by atoms with E-state index in [1.54, 1.807) is 7.05 Å². The Bertz CT molecular complexity index is 886. The van der Waals surface area contributed by atoms with Crippen LogP contribution in [0.4, 0.5) is 8.78 Å². The lowest BCUT2D eigenvalue weighted by molar-refractivity contribution is -0.148. The van der Waals surface area contributed by atoms with Crippen LogP contribution < -0.4 is 9.47 Å². The number of carbonyl (C=O) groups excluding carboxylic acids is 2. The number of likely N-dealkylation sites (N-methyl/N-ethyl adjacent to an activating group) is 1. The third kappa shape index (κ3) is 6.58. The minimum absolute atomic E-state index is 0.0949. The smallest absolute Gasteiger partial charge is 0.387 e. The van der Waals surface area contributed by atoms with Gasteiger partial charge in [-0.05, 0) is 36.3 Å². The molecule has 0 aliphatic heterocycles. The van der Waals surface area contributed by atoms with Gasteiger partial charge < -0.3 is 19.1 Å². The number of esters is 1. The Morgan fingerprint density at radius 2 is 1.80 bits per heavy atom. The molecule has 0 aliphatic carbocycles. The van der Waals surface area contributed by atoms with Gasteiger partial charge in [0.05, 0.1) is 13.2 Å². The van der Waals surface area contributed by atoms with Crippen LogP contribution in [-0.2, 0) is 14.3 Å². The Morgan fingerprint density at radius 1 is 1.10 bits per heavy atom. The monoisotopic (exact) mass is 419 g/mol. The maximum Gasteiger partial charge on any atom is 0.387 e. The highest BCUT2D eigenvalue weighted by Gasteiger charge is 2.18. The molecule has 8 heteroatoms. The quantitative estimate of drug-likeness (QED) is 0.453. The first-order chi connectivity index (χ1) is 14.3. The fraction of sp³-hybridized carbons (Fsp3) is 0.273. The Kier molecular flexibility index (Phi) is 8.34. The van der Waals surface area contributed by atoms with Gasteiger partial charge >= 0.3 is 12.6 Å². The molecule has 0 heterocycles. The highest BCUT2D eigenvalue weighted by molar-refractivity contribution is 5.89. The van der Waals surface area contributed by atoms with Crippen molar-refractivity contribution >= 4 is 18.0 Å². The molecule has 6 nitrogen and oxygen atoms in total. The number of amides is 1. The topological polar surface area (TPSA) is 65.1 Å². The maximum atomic E-state index is 12.4. The second kappa shape index (κ2) is 10.9. The molecule has 0 bridgehead atoms. The lowest BCUT2D eigenvalue weighted by Gasteiger charge is -2.25. The summed E-state index contributed by atoms with van der Waals surface area (Å²) in [6.07, 6.45) is 2.55. The van der Waals surface area contributed by atoms with E-state index >= 15 is 0 Å². The number of halogens is 2. The predicted molar refractivity (Wildman–Crippen MR) is 107 cm³/mol. The Labute approximate surface area is 173 Å². The zero-order valence-electron chi connectivity index (χ0n) is 16.9. The summed E-state index contributed by atoms with van der Waals surface area (Å²) < 4.78 is 39.1. The van der Waals surface area contributed by atoms with Crippen molar-refractivity contribution in [3.63, 3.8) is 0 Å². The number of alkyl halides is 2. The van der Waals surface area contributed by atoms with E-state index in [1.165, 1.54) is 36.3 Å². The molecule has 160 valence electrons. The average molecular weight is 419 g/mol. The van der Waals surface area contributed by atoms with Crippen molar-refractivity contribution in [1.82, 2.24) is 4.90 Å². The molecule has 30 heavy (non-hydrogen) atoms. The summed E-state index contributed by atoms with van der Waals surface area (Å²) in [7, 11) is 2.95. The van der Waals surface area contributed by atoms with Crippen LogP contribution in [0.25, 0.3) is 6.08 Å². The van der Waals surface area contributed by atoms with Crippen LogP contribution in [0.3, 0.4) is 0 Å². The van der Waals surface area contributed by atoms with Gasteiger partial charge in [0.15, 0.2) is 18.1 Å². The summed E-state index contributed by atoms with van der Waals surface area (Å²) in [6.45, 7) is -1.50. The average Bonchev–Trinajstić information content (AvgIpc) is 2.75. The first kappa shape index (κ1) is 22.9. The van der Waals surface area contributed by atoms with Crippen LogP contribution in [0.1, 0.15) is 24.1 Å². The van der Waals surface area contributed by atoms with Gasteiger partial charge in [0.2, 0.25) is 0 Å². The van der Waals surface area contributed by atoms with Crippen molar-refractivity contribution in [3.05, 3.63) is 65.7 Å². The van der Waals surface area contributed by atoms with E-state index in [4.69, 9.17) is 9.47 Å². The van der Waals surface area contributed by atoms with Gasteiger partial charge in [0, 0.05) is 13.1 Å². The van der Waals surface area contributed by atoms with Crippen molar-refractivity contribution in [2.24, 2.45) is 0 Å². The van der Waals surface area contributed by atoms with E-state index in [0.29, 0.717) is 5.56 Å². The Hall–Kier alpha value is -3.42. The summed E-state index contributed by atoms with van der Waals surface area (Å²) in [6, 6.07) is 13.5. The van der Waals surface area contributed by atoms with Gasteiger partial charge in [-0.2, -0.15) is 8.78 Å². The molecule has 0 N–H and O–H groups in total. The molecular formula is C22H23F2NO5. The van der Waals surface area contributed by atoms with E-state index in [1.807, 2.05) is 37.3 Å². The standard InChI is InChI=1S/C22H23F2NO5/c1-15(17-7-5-4-6-8-17)25(2)20(26)14-29-21(27)12-10-16-9-11-18(30-22(23)24)19(13-16)28-3/h4-13,15,22H,14H2,1-3H3/b12-10+/t15-/m1/s1. The fourth-order valence-electron chi connectivity index (χ4n) is 2.60. The van der Waals surface area contributed by atoms with Crippen LogP contribution >= 0.6 is 0 Å². The number of methoxy groups -OCH3 is 1. The molecule has 2 rings (SSSR count). The van der Waals surface area contributed by atoms with E-state index in [-0.39, 0.29) is 23.4 Å². The first-order valence-corrected chi connectivity index (χ1v) is 9.10. The molecule has 0 aliphatic rings. The SMILES string of the molecule is COc1cc(/C=C/C(=O)OCC(=O)N(C)[C@H](C)c2ccccc2)ccc1OC(F)F. The third-order valence-corrected chi connectivity index (χ3v) is 4.41. The molecule has 0 unspecified atom stereocenters.